The molecule has 25 heavy (non-hydrogen) atoms. The highest BCUT2D eigenvalue weighted by Gasteiger charge is 2.07. The Bertz CT molecular complexity index is 470. The van der Waals surface area contributed by atoms with Gasteiger partial charge in [-0.05, 0) is 31.4 Å². The molecule has 0 fully saturated rings. The first-order valence-electron chi connectivity index (χ1n) is 9.63. The summed E-state index contributed by atoms with van der Waals surface area (Å²) in [6.07, 6.45) is 10.4. The van der Waals surface area contributed by atoms with E-state index in [9.17, 15) is 9.59 Å². The summed E-state index contributed by atoms with van der Waals surface area (Å²) in [7, 11) is 0. The molecule has 0 aliphatic heterocycles. The van der Waals surface area contributed by atoms with Gasteiger partial charge in [0.1, 0.15) is 5.75 Å². The van der Waals surface area contributed by atoms with E-state index in [-0.39, 0.29) is 11.9 Å². The predicted octanol–water partition coefficient (Wildman–Crippen LogP) is 5.45. The fraction of sp³-hybridized carbons (Fsp3) is 0.619. The molecule has 0 heterocycles. The summed E-state index contributed by atoms with van der Waals surface area (Å²) < 4.78 is 10.4. The van der Waals surface area contributed by atoms with Gasteiger partial charge in [-0.3, -0.25) is 9.59 Å². The largest absolute Gasteiger partial charge is 0.466 e. The van der Waals surface area contributed by atoms with E-state index in [0.717, 1.165) is 12.8 Å². The average Bonchev–Trinajstić information content (AvgIpc) is 2.62. The number of carbonyl (C=O) groups is 2. The molecule has 0 unspecified atom stereocenters. The summed E-state index contributed by atoms with van der Waals surface area (Å²) in [5, 5.41) is 0. The molecule has 0 saturated heterocycles. The molecule has 0 saturated carbocycles. The Morgan fingerprint density at radius 2 is 1.36 bits per heavy atom. The number of rotatable bonds is 14. The Labute approximate surface area is 151 Å². The van der Waals surface area contributed by atoms with Crippen LogP contribution in [0.5, 0.6) is 5.75 Å². The number of para-hydroxylation sites is 1. The number of benzene rings is 1. The van der Waals surface area contributed by atoms with Crippen LogP contribution < -0.4 is 4.74 Å². The summed E-state index contributed by atoms with van der Waals surface area (Å²) in [5.74, 6) is 0.131. The number of hydrogen-bond acceptors (Lipinski definition) is 4. The molecule has 0 aliphatic rings. The third kappa shape index (κ3) is 12.2. The summed E-state index contributed by atoms with van der Waals surface area (Å²) >= 11 is 0. The topological polar surface area (TPSA) is 52.6 Å². The van der Waals surface area contributed by atoms with E-state index >= 15 is 0 Å². The van der Waals surface area contributed by atoms with Crippen LogP contribution in [0.1, 0.15) is 77.6 Å². The molecule has 0 amide bonds. The van der Waals surface area contributed by atoms with Crippen LogP contribution in [0.3, 0.4) is 0 Å². The number of unbranched alkanes of at least 4 members (excludes halogenated alkanes) is 7. The number of hydrogen-bond donors (Lipinski definition) is 0. The Morgan fingerprint density at radius 1 is 0.760 bits per heavy atom. The maximum atomic E-state index is 11.7. The van der Waals surface area contributed by atoms with Crippen molar-refractivity contribution in [3.63, 3.8) is 0 Å². The van der Waals surface area contributed by atoms with Crippen LogP contribution in [0.15, 0.2) is 30.3 Å². The zero-order chi connectivity index (χ0) is 18.2. The van der Waals surface area contributed by atoms with Crippen molar-refractivity contribution >= 4 is 11.9 Å². The minimum atomic E-state index is -0.261. The zero-order valence-corrected chi connectivity index (χ0v) is 15.5. The van der Waals surface area contributed by atoms with E-state index in [1.807, 2.05) is 18.2 Å². The van der Waals surface area contributed by atoms with Crippen LogP contribution in [0.2, 0.25) is 0 Å². The summed E-state index contributed by atoms with van der Waals surface area (Å²) in [6, 6.07) is 9.02. The van der Waals surface area contributed by atoms with Crippen LogP contribution in [0, 0.1) is 0 Å². The zero-order valence-electron chi connectivity index (χ0n) is 15.5. The molecule has 1 rings (SSSR count). The van der Waals surface area contributed by atoms with E-state index in [1.165, 1.54) is 32.1 Å². The first-order chi connectivity index (χ1) is 12.2. The predicted molar refractivity (Wildman–Crippen MR) is 99.5 cm³/mol. The fourth-order valence-electron chi connectivity index (χ4n) is 2.53. The normalized spacial score (nSPS) is 10.4. The quantitative estimate of drug-likeness (QED) is 0.255. The lowest BCUT2D eigenvalue weighted by Gasteiger charge is -2.06. The first kappa shape index (κ1) is 21.2. The van der Waals surface area contributed by atoms with E-state index < -0.39 is 0 Å². The lowest BCUT2D eigenvalue weighted by molar-refractivity contribution is -0.144. The van der Waals surface area contributed by atoms with Gasteiger partial charge in [-0.1, -0.05) is 63.6 Å². The molecule has 4 heteroatoms. The molecule has 1 aromatic rings. The van der Waals surface area contributed by atoms with Crippen molar-refractivity contribution in [3.8, 4) is 5.75 Å². The van der Waals surface area contributed by atoms with Gasteiger partial charge >= 0.3 is 11.9 Å². The Balaban J connectivity index is 1.92. The third-order valence-electron chi connectivity index (χ3n) is 4.00. The molecule has 0 aromatic heterocycles. The van der Waals surface area contributed by atoms with Gasteiger partial charge in [0.15, 0.2) is 0 Å². The van der Waals surface area contributed by atoms with Crippen molar-refractivity contribution in [3.05, 3.63) is 30.3 Å². The summed E-state index contributed by atoms with van der Waals surface area (Å²) in [6.45, 7) is 2.73. The van der Waals surface area contributed by atoms with Crippen molar-refractivity contribution in [1.82, 2.24) is 0 Å². The molecule has 0 radical (unpaired) electrons. The number of ether oxygens (including phenoxy) is 2. The van der Waals surface area contributed by atoms with E-state index in [0.29, 0.717) is 38.0 Å². The molecule has 0 aliphatic carbocycles. The Hall–Kier alpha value is -1.84. The standard InChI is InChI=1S/C21H32O4/c1-2-3-4-5-6-7-13-18-24-20(22)16-11-12-17-21(23)25-19-14-9-8-10-15-19/h8-10,14-15H,2-7,11-13,16-18H2,1H3. The minimum absolute atomic E-state index is 0.164. The highest BCUT2D eigenvalue weighted by atomic mass is 16.5. The van der Waals surface area contributed by atoms with Crippen LogP contribution >= 0.6 is 0 Å². The Kier molecular flexibility index (Phi) is 12.3. The highest BCUT2D eigenvalue weighted by molar-refractivity contribution is 5.72. The molecular formula is C21H32O4. The SMILES string of the molecule is CCCCCCCCCOC(=O)CCCCC(=O)Oc1ccccc1. The van der Waals surface area contributed by atoms with Gasteiger partial charge in [0.05, 0.1) is 6.61 Å². The van der Waals surface area contributed by atoms with Gasteiger partial charge in [-0.15, -0.1) is 0 Å². The monoisotopic (exact) mass is 348 g/mol. The molecule has 0 N–H and O–H groups in total. The van der Waals surface area contributed by atoms with Gasteiger partial charge in [-0.2, -0.15) is 0 Å². The summed E-state index contributed by atoms with van der Waals surface area (Å²) in [5.41, 5.74) is 0. The van der Waals surface area contributed by atoms with Crippen molar-refractivity contribution in [2.45, 2.75) is 77.6 Å². The second-order valence-corrected chi connectivity index (χ2v) is 6.34. The molecule has 4 nitrogen and oxygen atoms in total. The molecule has 0 bridgehead atoms. The molecular weight excluding hydrogens is 316 g/mol. The molecule has 0 spiro atoms. The first-order valence-corrected chi connectivity index (χ1v) is 9.63. The number of carbonyl (C=O) groups excluding carboxylic acids is 2. The van der Waals surface area contributed by atoms with Gasteiger partial charge in [-0.25, -0.2) is 0 Å². The van der Waals surface area contributed by atoms with Crippen molar-refractivity contribution < 1.29 is 19.1 Å². The van der Waals surface area contributed by atoms with Crippen LogP contribution in [0.4, 0.5) is 0 Å². The maximum Gasteiger partial charge on any atom is 0.311 e. The van der Waals surface area contributed by atoms with E-state index in [4.69, 9.17) is 9.47 Å². The minimum Gasteiger partial charge on any atom is -0.466 e. The van der Waals surface area contributed by atoms with Crippen LogP contribution in [0.25, 0.3) is 0 Å². The van der Waals surface area contributed by atoms with Gasteiger partial charge in [0.2, 0.25) is 0 Å². The number of esters is 2. The van der Waals surface area contributed by atoms with Gasteiger partial charge < -0.3 is 9.47 Å². The fourth-order valence-corrected chi connectivity index (χ4v) is 2.53. The lowest BCUT2D eigenvalue weighted by Crippen LogP contribution is -2.09. The van der Waals surface area contributed by atoms with Crippen LogP contribution in [-0.4, -0.2) is 18.5 Å². The smallest absolute Gasteiger partial charge is 0.311 e. The second kappa shape index (κ2) is 14.5. The highest BCUT2D eigenvalue weighted by Crippen LogP contribution is 2.11. The summed E-state index contributed by atoms with van der Waals surface area (Å²) in [4.78, 5) is 23.3. The molecule has 0 atom stereocenters. The van der Waals surface area contributed by atoms with Crippen LogP contribution in [-0.2, 0) is 14.3 Å². The van der Waals surface area contributed by atoms with Crippen molar-refractivity contribution in [2.75, 3.05) is 6.61 Å². The average molecular weight is 348 g/mol. The van der Waals surface area contributed by atoms with Gasteiger partial charge in [0, 0.05) is 12.8 Å². The molecule has 1 aromatic carbocycles. The van der Waals surface area contributed by atoms with E-state index in [1.54, 1.807) is 12.1 Å². The lowest BCUT2D eigenvalue weighted by atomic mass is 10.1. The third-order valence-corrected chi connectivity index (χ3v) is 4.00. The van der Waals surface area contributed by atoms with Gasteiger partial charge in [0.25, 0.3) is 0 Å². The maximum absolute atomic E-state index is 11.7. The Morgan fingerprint density at radius 3 is 2.04 bits per heavy atom. The molecule has 140 valence electrons. The van der Waals surface area contributed by atoms with Crippen molar-refractivity contribution in [1.29, 1.82) is 0 Å². The van der Waals surface area contributed by atoms with E-state index in [2.05, 4.69) is 6.92 Å². The van der Waals surface area contributed by atoms with Crippen molar-refractivity contribution in [2.24, 2.45) is 0 Å². The second-order valence-electron chi connectivity index (χ2n) is 6.34.